The van der Waals surface area contributed by atoms with E-state index >= 15 is 0 Å². The Morgan fingerprint density at radius 1 is 1.50 bits per heavy atom. The summed E-state index contributed by atoms with van der Waals surface area (Å²) in [5.74, 6) is -0.480. The summed E-state index contributed by atoms with van der Waals surface area (Å²) in [6.07, 6.45) is 1.17. The summed E-state index contributed by atoms with van der Waals surface area (Å²) in [4.78, 5) is 11.7. The summed E-state index contributed by atoms with van der Waals surface area (Å²) in [6, 6.07) is -0.704. The summed E-state index contributed by atoms with van der Waals surface area (Å²) in [7, 11) is -2.15. The van der Waals surface area contributed by atoms with Crippen molar-refractivity contribution < 1.29 is 22.7 Å². The number of hydrogen-bond donors (Lipinski definition) is 1. The van der Waals surface area contributed by atoms with Gasteiger partial charge in [-0.25, -0.2) is 0 Å². The molecule has 8 heteroatoms. The maximum Gasteiger partial charge on any atom is 0.324 e. The average Bonchev–Trinajstić information content (AvgIpc) is 2.79. The minimum atomic E-state index is -3.64. The monoisotopic (exact) mass is 280 g/mol. The zero-order chi connectivity index (χ0) is 13.6. The average molecular weight is 280 g/mol. The van der Waals surface area contributed by atoms with E-state index in [0.29, 0.717) is 19.4 Å². The highest BCUT2D eigenvalue weighted by Crippen LogP contribution is 2.21. The van der Waals surface area contributed by atoms with Crippen molar-refractivity contribution in [3.63, 3.8) is 0 Å². The predicted octanol–water partition coefficient (Wildman–Crippen LogP) is -0.505. The standard InChI is InChI=1S/C10H20N2O5S/c1-3-17-10(13)9-5-4-7-12(9)18(14,15)11-6-8-16-2/h9,11H,3-8H2,1-2H3. The Bertz CT molecular complexity index is 370. The molecule has 1 saturated heterocycles. The van der Waals surface area contributed by atoms with Crippen LogP contribution in [0.2, 0.25) is 0 Å². The van der Waals surface area contributed by atoms with Crippen LogP contribution in [0, 0.1) is 0 Å². The molecule has 0 spiro atoms. The molecule has 0 saturated carbocycles. The molecule has 0 bridgehead atoms. The number of carbonyl (C=O) groups excluding carboxylic acids is 1. The van der Waals surface area contributed by atoms with Gasteiger partial charge in [-0.05, 0) is 19.8 Å². The molecule has 1 rings (SSSR count). The Balaban J connectivity index is 2.65. The first-order valence-corrected chi connectivity index (χ1v) is 7.39. The Morgan fingerprint density at radius 2 is 2.22 bits per heavy atom. The van der Waals surface area contributed by atoms with Gasteiger partial charge < -0.3 is 9.47 Å². The zero-order valence-corrected chi connectivity index (χ0v) is 11.5. The first-order valence-electron chi connectivity index (χ1n) is 5.95. The van der Waals surface area contributed by atoms with Crippen molar-refractivity contribution in [1.29, 1.82) is 0 Å². The van der Waals surface area contributed by atoms with E-state index in [9.17, 15) is 13.2 Å². The first-order chi connectivity index (χ1) is 8.53. The third-order valence-corrected chi connectivity index (χ3v) is 4.29. The molecular weight excluding hydrogens is 260 g/mol. The minimum absolute atomic E-state index is 0.185. The topological polar surface area (TPSA) is 84.9 Å². The van der Waals surface area contributed by atoms with Crippen LogP contribution in [0.3, 0.4) is 0 Å². The lowest BCUT2D eigenvalue weighted by Gasteiger charge is -2.22. The molecule has 1 fully saturated rings. The van der Waals surface area contributed by atoms with Gasteiger partial charge >= 0.3 is 5.97 Å². The lowest BCUT2D eigenvalue weighted by molar-refractivity contribution is -0.146. The van der Waals surface area contributed by atoms with Gasteiger partial charge in [-0.1, -0.05) is 0 Å². The highest BCUT2D eigenvalue weighted by molar-refractivity contribution is 7.87. The van der Waals surface area contributed by atoms with Gasteiger partial charge in [-0.3, -0.25) is 4.79 Å². The fourth-order valence-corrected chi connectivity index (χ4v) is 3.26. The number of nitrogens with zero attached hydrogens (tertiary/aromatic N) is 1. The Kier molecular flexibility index (Phi) is 6.00. The molecule has 106 valence electrons. The van der Waals surface area contributed by atoms with Gasteiger partial charge in [-0.2, -0.15) is 17.4 Å². The van der Waals surface area contributed by atoms with Gasteiger partial charge in [0.2, 0.25) is 0 Å². The molecular formula is C10H20N2O5S. The van der Waals surface area contributed by atoms with Gasteiger partial charge in [0.1, 0.15) is 6.04 Å². The molecule has 0 aliphatic carbocycles. The minimum Gasteiger partial charge on any atom is -0.465 e. The van der Waals surface area contributed by atoms with Gasteiger partial charge in [0.15, 0.2) is 0 Å². The van der Waals surface area contributed by atoms with Crippen LogP contribution in [0.15, 0.2) is 0 Å². The van der Waals surface area contributed by atoms with Crippen molar-refractivity contribution in [2.45, 2.75) is 25.8 Å². The summed E-state index contributed by atoms with van der Waals surface area (Å²) >= 11 is 0. The Labute approximate surface area is 108 Å². The van der Waals surface area contributed by atoms with Crippen molar-refractivity contribution in [2.75, 3.05) is 33.4 Å². The molecule has 0 aromatic carbocycles. The molecule has 1 atom stereocenters. The molecule has 1 N–H and O–H groups in total. The second kappa shape index (κ2) is 7.03. The zero-order valence-electron chi connectivity index (χ0n) is 10.7. The smallest absolute Gasteiger partial charge is 0.324 e. The van der Waals surface area contributed by atoms with Crippen LogP contribution in [-0.4, -0.2) is 58.1 Å². The number of hydrogen-bond acceptors (Lipinski definition) is 5. The Hall–Kier alpha value is -0.700. The summed E-state index contributed by atoms with van der Waals surface area (Å²) in [6.45, 7) is 2.76. The molecule has 18 heavy (non-hydrogen) atoms. The largest absolute Gasteiger partial charge is 0.465 e. The fourth-order valence-electron chi connectivity index (χ4n) is 1.86. The summed E-state index contributed by atoms with van der Waals surface area (Å²) < 4.78 is 37.2. The van der Waals surface area contributed by atoms with E-state index in [1.165, 1.54) is 11.4 Å². The van der Waals surface area contributed by atoms with Crippen molar-refractivity contribution in [3.8, 4) is 0 Å². The van der Waals surface area contributed by atoms with Crippen LogP contribution >= 0.6 is 0 Å². The predicted molar refractivity (Wildman–Crippen MR) is 65.2 cm³/mol. The molecule has 1 unspecified atom stereocenters. The van der Waals surface area contributed by atoms with Crippen LogP contribution < -0.4 is 4.72 Å². The summed E-state index contributed by atoms with van der Waals surface area (Å²) in [5.41, 5.74) is 0. The number of nitrogens with one attached hydrogen (secondary N) is 1. The molecule has 1 aliphatic rings. The normalized spacial score (nSPS) is 21.1. The molecule has 1 aliphatic heterocycles. The van der Waals surface area contributed by atoms with Crippen molar-refractivity contribution in [2.24, 2.45) is 0 Å². The van der Waals surface area contributed by atoms with E-state index in [-0.39, 0.29) is 19.8 Å². The maximum atomic E-state index is 12.0. The molecule has 0 aromatic heterocycles. The maximum absolute atomic E-state index is 12.0. The number of ether oxygens (including phenoxy) is 2. The highest BCUT2D eigenvalue weighted by Gasteiger charge is 2.39. The van der Waals surface area contributed by atoms with Gasteiger partial charge in [0.25, 0.3) is 10.2 Å². The van der Waals surface area contributed by atoms with E-state index in [4.69, 9.17) is 9.47 Å². The van der Waals surface area contributed by atoms with E-state index in [1.807, 2.05) is 0 Å². The van der Waals surface area contributed by atoms with Crippen molar-refractivity contribution >= 4 is 16.2 Å². The molecule has 0 amide bonds. The quantitative estimate of drug-likeness (QED) is 0.502. The van der Waals surface area contributed by atoms with E-state index in [1.54, 1.807) is 6.92 Å². The SMILES string of the molecule is CCOC(=O)C1CCCN1S(=O)(=O)NCCOC. The van der Waals surface area contributed by atoms with Crippen LogP contribution in [0.4, 0.5) is 0 Å². The summed E-state index contributed by atoms with van der Waals surface area (Å²) in [5, 5.41) is 0. The third kappa shape index (κ3) is 3.91. The molecule has 7 nitrogen and oxygen atoms in total. The first kappa shape index (κ1) is 15.4. The Morgan fingerprint density at radius 3 is 2.83 bits per heavy atom. The lowest BCUT2D eigenvalue weighted by atomic mass is 10.2. The van der Waals surface area contributed by atoms with Crippen LogP contribution in [0.1, 0.15) is 19.8 Å². The van der Waals surface area contributed by atoms with Crippen LogP contribution in [0.25, 0.3) is 0 Å². The van der Waals surface area contributed by atoms with E-state index in [0.717, 1.165) is 0 Å². The number of carbonyl (C=O) groups is 1. The van der Waals surface area contributed by atoms with Gasteiger partial charge in [-0.15, -0.1) is 0 Å². The molecule has 1 heterocycles. The fraction of sp³-hybridized carbons (Fsp3) is 0.900. The third-order valence-electron chi connectivity index (χ3n) is 2.66. The number of methoxy groups -OCH3 is 1. The molecule has 0 radical (unpaired) electrons. The van der Waals surface area contributed by atoms with Crippen molar-refractivity contribution in [3.05, 3.63) is 0 Å². The van der Waals surface area contributed by atoms with E-state index < -0.39 is 22.2 Å². The molecule has 0 aromatic rings. The van der Waals surface area contributed by atoms with Crippen molar-refractivity contribution in [1.82, 2.24) is 9.03 Å². The van der Waals surface area contributed by atoms with Crippen LogP contribution in [-0.2, 0) is 24.5 Å². The highest BCUT2D eigenvalue weighted by atomic mass is 32.2. The number of rotatable bonds is 7. The van der Waals surface area contributed by atoms with Gasteiger partial charge in [0.05, 0.1) is 13.2 Å². The van der Waals surface area contributed by atoms with Crippen LogP contribution in [0.5, 0.6) is 0 Å². The second-order valence-corrected chi connectivity index (χ2v) is 5.62. The number of esters is 1. The lowest BCUT2D eigenvalue weighted by Crippen LogP contribution is -2.47. The van der Waals surface area contributed by atoms with Gasteiger partial charge in [0, 0.05) is 20.2 Å². The second-order valence-electron chi connectivity index (χ2n) is 3.91. The van der Waals surface area contributed by atoms with E-state index in [2.05, 4.69) is 4.72 Å².